The normalized spacial score (nSPS) is 12.2. The first-order chi connectivity index (χ1) is 8.02. The molecule has 1 N–H and O–H groups in total. The lowest BCUT2D eigenvalue weighted by Crippen LogP contribution is -2.18. The number of halogens is 2. The Hall–Kier alpha value is -0.530. The van der Waals surface area contributed by atoms with Crippen LogP contribution in [0.4, 0.5) is 5.82 Å². The van der Waals surface area contributed by atoms with Crippen LogP contribution in [0.1, 0.15) is 13.3 Å². The number of methoxy groups -OCH3 is 1. The van der Waals surface area contributed by atoms with Crippen molar-refractivity contribution in [3.63, 3.8) is 0 Å². The van der Waals surface area contributed by atoms with Crippen molar-refractivity contribution in [3.05, 3.63) is 15.4 Å². The Kier molecular flexibility index (Phi) is 6.01. The Morgan fingerprint density at radius 1 is 1.59 bits per heavy atom. The molecule has 0 aromatic carbocycles. The number of nitrogens with one attached hydrogen (secondary N) is 1. The molecule has 0 fully saturated rings. The molecule has 0 aliphatic carbocycles. The molecular weight excluding hydrogens is 354 g/mol. The maximum absolute atomic E-state index is 11.7. The summed E-state index contributed by atoms with van der Waals surface area (Å²) in [5.41, 5.74) is 0. The van der Waals surface area contributed by atoms with Crippen LogP contribution in [0.2, 0.25) is 0 Å². The zero-order chi connectivity index (χ0) is 12.8. The molecule has 1 heterocycles. The molecular formula is C10H13Br2N3O2. The van der Waals surface area contributed by atoms with Crippen LogP contribution in [0.15, 0.2) is 15.4 Å². The van der Waals surface area contributed by atoms with Gasteiger partial charge in [-0.05, 0) is 37.8 Å². The van der Waals surface area contributed by atoms with Crippen LogP contribution < -0.4 is 5.32 Å². The molecule has 5 nitrogen and oxygen atoms in total. The van der Waals surface area contributed by atoms with E-state index in [1.165, 1.54) is 6.20 Å². The molecule has 1 unspecified atom stereocenters. The number of hydrogen-bond acceptors (Lipinski definition) is 4. The van der Waals surface area contributed by atoms with E-state index < -0.39 is 0 Å². The first-order valence-corrected chi connectivity index (χ1v) is 6.58. The minimum atomic E-state index is -0.105. The average molecular weight is 367 g/mol. The number of rotatable bonds is 5. The molecule has 1 atom stereocenters. The van der Waals surface area contributed by atoms with Gasteiger partial charge in [-0.25, -0.2) is 9.97 Å². The first kappa shape index (κ1) is 14.5. The van der Waals surface area contributed by atoms with Gasteiger partial charge in [0, 0.05) is 20.1 Å². The number of anilines is 1. The van der Waals surface area contributed by atoms with Gasteiger partial charge in [0.25, 0.3) is 0 Å². The average Bonchev–Trinajstić information content (AvgIpc) is 2.22. The summed E-state index contributed by atoms with van der Waals surface area (Å²) in [7, 11) is 1.62. The topological polar surface area (TPSA) is 64.1 Å². The third-order valence-corrected chi connectivity index (χ3v) is 2.88. The molecule has 1 aromatic rings. The summed E-state index contributed by atoms with van der Waals surface area (Å²) in [5, 5.41) is 2.69. The van der Waals surface area contributed by atoms with Gasteiger partial charge in [0.15, 0.2) is 5.82 Å². The van der Waals surface area contributed by atoms with E-state index in [4.69, 9.17) is 4.74 Å². The van der Waals surface area contributed by atoms with Crippen LogP contribution in [0.5, 0.6) is 0 Å². The van der Waals surface area contributed by atoms with E-state index in [-0.39, 0.29) is 11.8 Å². The van der Waals surface area contributed by atoms with E-state index in [0.29, 0.717) is 28.1 Å². The zero-order valence-corrected chi connectivity index (χ0v) is 12.7. The van der Waals surface area contributed by atoms with E-state index in [9.17, 15) is 4.79 Å². The highest BCUT2D eigenvalue weighted by molar-refractivity contribution is 9.11. The molecule has 0 radical (unpaired) electrons. The van der Waals surface area contributed by atoms with Crippen molar-refractivity contribution in [2.75, 3.05) is 19.0 Å². The molecule has 1 aromatic heterocycles. The molecule has 1 amide bonds. The van der Waals surface area contributed by atoms with Crippen LogP contribution in [0.3, 0.4) is 0 Å². The highest BCUT2D eigenvalue weighted by Gasteiger charge is 2.12. The number of aromatic nitrogens is 2. The standard InChI is InChI=1S/C10H13Br2N3O2/c1-6(5-17-2)3-8(16)15-10-9(12)14-7(11)4-13-10/h4,6H,3,5H2,1-2H3,(H,13,15,16). The van der Waals surface area contributed by atoms with E-state index in [1.54, 1.807) is 7.11 Å². The first-order valence-electron chi connectivity index (χ1n) is 4.99. The van der Waals surface area contributed by atoms with Crippen molar-refractivity contribution in [2.24, 2.45) is 5.92 Å². The number of carbonyl (C=O) groups excluding carboxylic acids is 1. The van der Waals surface area contributed by atoms with Crippen molar-refractivity contribution >= 4 is 43.6 Å². The van der Waals surface area contributed by atoms with Crippen LogP contribution in [0.25, 0.3) is 0 Å². The van der Waals surface area contributed by atoms with E-state index in [2.05, 4.69) is 47.1 Å². The monoisotopic (exact) mass is 365 g/mol. The van der Waals surface area contributed by atoms with E-state index in [0.717, 1.165) is 0 Å². The van der Waals surface area contributed by atoms with Gasteiger partial charge in [0.2, 0.25) is 5.91 Å². The third-order valence-electron chi connectivity index (χ3n) is 1.94. The Bertz CT molecular complexity index is 401. The molecule has 0 spiro atoms. The van der Waals surface area contributed by atoms with Gasteiger partial charge in [-0.15, -0.1) is 0 Å². The Balaban J connectivity index is 2.56. The smallest absolute Gasteiger partial charge is 0.225 e. The fourth-order valence-electron chi connectivity index (χ4n) is 1.27. The summed E-state index contributed by atoms with van der Waals surface area (Å²) in [4.78, 5) is 19.8. The third kappa shape index (κ3) is 5.10. The van der Waals surface area contributed by atoms with E-state index in [1.807, 2.05) is 6.92 Å². The molecule has 0 saturated carbocycles. The number of amides is 1. The minimum absolute atomic E-state index is 0.105. The van der Waals surface area contributed by atoms with Gasteiger partial charge in [-0.3, -0.25) is 4.79 Å². The maximum Gasteiger partial charge on any atom is 0.225 e. The van der Waals surface area contributed by atoms with Crippen molar-refractivity contribution in [3.8, 4) is 0 Å². The highest BCUT2D eigenvalue weighted by atomic mass is 79.9. The summed E-state index contributed by atoms with van der Waals surface area (Å²) in [5.74, 6) is 0.483. The van der Waals surface area contributed by atoms with Crippen LogP contribution >= 0.6 is 31.9 Å². The quantitative estimate of drug-likeness (QED) is 0.869. The Morgan fingerprint density at radius 2 is 2.29 bits per heavy atom. The summed E-state index contributed by atoms with van der Waals surface area (Å²) >= 11 is 6.42. The molecule has 17 heavy (non-hydrogen) atoms. The predicted molar refractivity (Wildman–Crippen MR) is 71.7 cm³/mol. The molecule has 0 bridgehead atoms. The molecule has 94 valence electrons. The van der Waals surface area contributed by atoms with Crippen molar-refractivity contribution in [1.82, 2.24) is 9.97 Å². The van der Waals surface area contributed by atoms with Crippen molar-refractivity contribution < 1.29 is 9.53 Å². The van der Waals surface area contributed by atoms with Gasteiger partial charge >= 0.3 is 0 Å². The number of ether oxygens (including phenoxy) is 1. The molecule has 0 saturated heterocycles. The second-order valence-corrected chi connectivity index (χ2v) is 5.21. The summed E-state index contributed by atoms with van der Waals surface area (Å²) in [6, 6.07) is 0. The van der Waals surface area contributed by atoms with Gasteiger partial charge in [-0.1, -0.05) is 6.92 Å². The molecule has 1 rings (SSSR count). The van der Waals surface area contributed by atoms with Crippen molar-refractivity contribution in [2.45, 2.75) is 13.3 Å². The summed E-state index contributed by atoms with van der Waals surface area (Å²) in [6.07, 6.45) is 1.91. The Labute approximate surface area is 117 Å². The van der Waals surface area contributed by atoms with Gasteiger partial charge in [-0.2, -0.15) is 0 Å². The van der Waals surface area contributed by atoms with E-state index >= 15 is 0 Å². The van der Waals surface area contributed by atoms with Crippen LogP contribution in [0, 0.1) is 5.92 Å². The van der Waals surface area contributed by atoms with Crippen molar-refractivity contribution in [1.29, 1.82) is 0 Å². The number of carbonyl (C=O) groups is 1. The van der Waals surface area contributed by atoms with Crippen LogP contribution in [-0.2, 0) is 9.53 Å². The second-order valence-electron chi connectivity index (χ2n) is 3.64. The predicted octanol–water partition coefficient (Wildman–Crippen LogP) is 2.61. The number of nitrogens with zero attached hydrogens (tertiary/aromatic N) is 2. The largest absolute Gasteiger partial charge is 0.384 e. The summed E-state index contributed by atoms with van der Waals surface area (Å²) in [6.45, 7) is 2.51. The molecule has 0 aliphatic rings. The van der Waals surface area contributed by atoms with Crippen LogP contribution in [-0.4, -0.2) is 29.6 Å². The van der Waals surface area contributed by atoms with Gasteiger partial charge < -0.3 is 10.1 Å². The lowest BCUT2D eigenvalue weighted by atomic mass is 10.1. The highest BCUT2D eigenvalue weighted by Crippen LogP contribution is 2.19. The fraction of sp³-hybridized carbons (Fsp3) is 0.500. The SMILES string of the molecule is COCC(C)CC(=O)Nc1ncc(Br)nc1Br. The fourth-order valence-corrected chi connectivity index (χ4v) is 2.18. The van der Waals surface area contributed by atoms with Gasteiger partial charge in [0.1, 0.15) is 9.21 Å². The zero-order valence-electron chi connectivity index (χ0n) is 9.54. The van der Waals surface area contributed by atoms with Gasteiger partial charge in [0.05, 0.1) is 6.20 Å². The molecule has 0 aliphatic heterocycles. The summed E-state index contributed by atoms with van der Waals surface area (Å²) < 4.78 is 6.08. The minimum Gasteiger partial charge on any atom is -0.384 e. The Morgan fingerprint density at radius 3 is 2.88 bits per heavy atom. The lowest BCUT2D eigenvalue weighted by Gasteiger charge is -2.10. The second kappa shape index (κ2) is 7.03. The lowest BCUT2D eigenvalue weighted by molar-refractivity contribution is -0.117. The maximum atomic E-state index is 11.7. The number of hydrogen-bond donors (Lipinski definition) is 1. The molecule has 7 heteroatoms.